The minimum absolute atomic E-state index is 0.102. The molecule has 0 atom stereocenters. The quantitative estimate of drug-likeness (QED) is 0.798. The highest BCUT2D eigenvalue weighted by atomic mass is 35.5. The second-order valence-electron chi connectivity index (χ2n) is 4.59. The summed E-state index contributed by atoms with van der Waals surface area (Å²) in [5.41, 5.74) is 0.554. The molecule has 0 aliphatic carbocycles. The van der Waals surface area contributed by atoms with E-state index in [9.17, 15) is 18.4 Å². The van der Waals surface area contributed by atoms with Crippen LogP contribution in [-0.2, 0) is 11.3 Å². The molecule has 1 heterocycles. The minimum Gasteiger partial charge on any atom is -0.299 e. The summed E-state index contributed by atoms with van der Waals surface area (Å²) in [6.07, 6.45) is 0. The Labute approximate surface area is 123 Å². The first-order chi connectivity index (χ1) is 9.99. The van der Waals surface area contributed by atoms with Crippen LogP contribution in [0.5, 0.6) is 0 Å². The number of benzene rings is 2. The average Bonchev–Trinajstić information content (AvgIpc) is 2.68. The number of ketones is 1. The number of hydrogen-bond acceptors (Lipinski definition) is 2. The number of para-hydroxylation sites is 1. The Bertz CT molecular complexity index is 776. The highest BCUT2D eigenvalue weighted by molar-refractivity contribution is 6.54. The second-order valence-corrected chi connectivity index (χ2v) is 5.00. The SMILES string of the molecule is O=C1C(=O)N(Cc2ccc(F)cc2F)c2c(Cl)cccc21. The maximum atomic E-state index is 13.7. The largest absolute Gasteiger partial charge is 0.299 e. The van der Waals surface area contributed by atoms with Gasteiger partial charge in [-0.05, 0) is 18.2 Å². The van der Waals surface area contributed by atoms with Crippen molar-refractivity contribution >= 4 is 29.0 Å². The van der Waals surface area contributed by atoms with Crippen molar-refractivity contribution < 1.29 is 18.4 Å². The number of hydrogen-bond donors (Lipinski definition) is 0. The van der Waals surface area contributed by atoms with Crippen molar-refractivity contribution in [2.45, 2.75) is 6.54 Å². The van der Waals surface area contributed by atoms with Crippen molar-refractivity contribution in [3.05, 3.63) is 64.2 Å². The van der Waals surface area contributed by atoms with Gasteiger partial charge in [-0.3, -0.25) is 14.5 Å². The summed E-state index contributed by atoms with van der Waals surface area (Å²) in [5, 5.41) is 0.231. The van der Waals surface area contributed by atoms with Crippen LogP contribution in [-0.4, -0.2) is 11.7 Å². The second kappa shape index (κ2) is 4.93. The monoisotopic (exact) mass is 307 g/mol. The predicted octanol–water partition coefficient (Wildman–Crippen LogP) is 3.35. The fraction of sp³-hybridized carbons (Fsp3) is 0.0667. The smallest absolute Gasteiger partial charge is 0.299 e. The fourth-order valence-corrected chi connectivity index (χ4v) is 2.56. The molecule has 21 heavy (non-hydrogen) atoms. The lowest BCUT2D eigenvalue weighted by Crippen LogP contribution is -2.29. The Balaban J connectivity index is 2.04. The molecule has 0 fully saturated rings. The van der Waals surface area contributed by atoms with Crippen molar-refractivity contribution in [1.29, 1.82) is 0 Å². The van der Waals surface area contributed by atoms with Gasteiger partial charge in [0, 0.05) is 11.6 Å². The van der Waals surface area contributed by atoms with Crippen LogP contribution in [0.2, 0.25) is 5.02 Å². The van der Waals surface area contributed by atoms with E-state index < -0.39 is 23.3 Å². The van der Waals surface area contributed by atoms with Crippen LogP contribution in [0.3, 0.4) is 0 Å². The molecule has 0 radical (unpaired) electrons. The molecule has 6 heteroatoms. The third-order valence-corrected chi connectivity index (χ3v) is 3.59. The number of carbonyl (C=O) groups is 2. The zero-order valence-corrected chi connectivity index (χ0v) is 11.3. The van der Waals surface area contributed by atoms with E-state index in [-0.39, 0.29) is 28.4 Å². The van der Waals surface area contributed by atoms with E-state index in [1.807, 2.05) is 0 Å². The number of rotatable bonds is 2. The third-order valence-electron chi connectivity index (χ3n) is 3.28. The topological polar surface area (TPSA) is 37.4 Å². The molecule has 0 saturated carbocycles. The Morgan fingerprint density at radius 3 is 2.57 bits per heavy atom. The summed E-state index contributed by atoms with van der Waals surface area (Å²) in [6.45, 7) is -0.187. The molecule has 0 bridgehead atoms. The van der Waals surface area contributed by atoms with E-state index in [1.54, 1.807) is 12.1 Å². The summed E-state index contributed by atoms with van der Waals surface area (Å²) in [6, 6.07) is 7.65. The lowest BCUT2D eigenvalue weighted by molar-refractivity contribution is -0.114. The van der Waals surface area contributed by atoms with Gasteiger partial charge in [0.2, 0.25) is 0 Å². The molecule has 3 nitrogen and oxygen atoms in total. The van der Waals surface area contributed by atoms with E-state index in [4.69, 9.17) is 11.6 Å². The van der Waals surface area contributed by atoms with Crippen LogP contribution in [0.1, 0.15) is 15.9 Å². The maximum Gasteiger partial charge on any atom is 0.299 e. The molecule has 106 valence electrons. The number of Topliss-reactive ketones (excluding diaryl/α,β-unsaturated/α-hetero) is 1. The van der Waals surface area contributed by atoms with Gasteiger partial charge in [-0.1, -0.05) is 23.7 Å². The Morgan fingerprint density at radius 2 is 1.86 bits per heavy atom. The van der Waals surface area contributed by atoms with Gasteiger partial charge < -0.3 is 0 Å². The first-order valence-corrected chi connectivity index (χ1v) is 6.45. The molecular weight excluding hydrogens is 300 g/mol. The van der Waals surface area contributed by atoms with Crippen LogP contribution in [0.25, 0.3) is 0 Å². The maximum absolute atomic E-state index is 13.7. The summed E-state index contributed by atoms with van der Waals surface area (Å²) < 4.78 is 26.6. The van der Waals surface area contributed by atoms with Crippen molar-refractivity contribution in [2.24, 2.45) is 0 Å². The molecule has 1 aliphatic rings. The predicted molar refractivity (Wildman–Crippen MR) is 73.3 cm³/mol. The zero-order valence-electron chi connectivity index (χ0n) is 10.6. The van der Waals surface area contributed by atoms with Crippen LogP contribution in [0.4, 0.5) is 14.5 Å². The lowest BCUT2D eigenvalue weighted by atomic mass is 10.1. The van der Waals surface area contributed by atoms with Crippen LogP contribution in [0.15, 0.2) is 36.4 Å². The van der Waals surface area contributed by atoms with Crippen LogP contribution >= 0.6 is 11.6 Å². The number of anilines is 1. The van der Waals surface area contributed by atoms with Crippen LogP contribution in [0, 0.1) is 11.6 Å². The number of carbonyl (C=O) groups excluding carboxylic acids is 2. The van der Waals surface area contributed by atoms with E-state index in [1.165, 1.54) is 12.1 Å². The average molecular weight is 308 g/mol. The van der Waals surface area contributed by atoms with Crippen molar-refractivity contribution in [3.8, 4) is 0 Å². The highest BCUT2D eigenvalue weighted by Crippen LogP contribution is 2.36. The lowest BCUT2D eigenvalue weighted by Gasteiger charge is -2.18. The molecule has 2 aromatic carbocycles. The van der Waals surface area contributed by atoms with E-state index in [0.29, 0.717) is 0 Å². The molecule has 3 rings (SSSR count). The van der Waals surface area contributed by atoms with E-state index in [0.717, 1.165) is 17.0 Å². The Kier molecular flexibility index (Phi) is 3.22. The van der Waals surface area contributed by atoms with Crippen LogP contribution < -0.4 is 4.90 Å². The van der Waals surface area contributed by atoms with Gasteiger partial charge in [0.25, 0.3) is 11.7 Å². The van der Waals surface area contributed by atoms with Gasteiger partial charge in [-0.2, -0.15) is 0 Å². The summed E-state index contributed by atoms with van der Waals surface area (Å²) >= 11 is 6.03. The highest BCUT2D eigenvalue weighted by Gasteiger charge is 2.37. The molecule has 2 aromatic rings. The van der Waals surface area contributed by atoms with Crippen molar-refractivity contribution in [2.75, 3.05) is 4.90 Å². The summed E-state index contributed by atoms with van der Waals surface area (Å²) in [5.74, 6) is -2.95. The summed E-state index contributed by atoms with van der Waals surface area (Å²) in [4.78, 5) is 25.0. The fourth-order valence-electron chi connectivity index (χ4n) is 2.28. The number of nitrogens with zero attached hydrogens (tertiary/aromatic N) is 1. The minimum atomic E-state index is -0.782. The van der Waals surface area contributed by atoms with E-state index in [2.05, 4.69) is 0 Å². The Morgan fingerprint density at radius 1 is 1.10 bits per heavy atom. The van der Waals surface area contributed by atoms with Gasteiger partial charge in [0.05, 0.1) is 22.8 Å². The van der Waals surface area contributed by atoms with E-state index >= 15 is 0 Å². The summed E-state index contributed by atoms with van der Waals surface area (Å²) in [7, 11) is 0. The molecular formula is C15H8ClF2NO2. The molecule has 1 aliphatic heterocycles. The number of fused-ring (bicyclic) bond motifs is 1. The molecule has 0 spiro atoms. The molecule has 0 saturated heterocycles. The van der Waals surface area contributed by atoms with Gasteiger partial charge in [-0.15, -0.1) is 0 Å². The number of amides is 1. The molecule has 0 aromatic heterocycles. The van der Waals surface area contributed by atoms with Crippen molar-refractivity contribution in [1.82, 2.24) is 0 Å². The third kappa shape index (κ3) is 2.19. The normalized spacial score (nSPS) is 13.8. The van der Waals surface area contributed by atoms with Crippen molar-refractivity contribution in [3.63, 3.8) is 0 Å². The first-order valence-electron chi connectivity index (χ1n) is 6.07. The standard InChI is InChI=1S/C15H8ClF2NO2/c16-11-3-1-2-10-13(11)19(15(21)14(10)20)7-8-4-5-9(17)6-12(8)18/h1-6H,7H2. The molecule has 1 amide bonds. The zero-order chi connectivity index (χ0) is 15.1. The number of halogens is 3. The van der Waals surface area contributed by atoms with Gasteiger partial charge in [0.1, 0.15) is 11.6 Å². The van der Waals surface area contributed by atoms with Gasteiger partial charge >= 0.3 is 0 Å². The van der Waals surface area contributed by atoms with Gasteiger partial charge in [-0.25, -0.2) is 8.78 Å². The first kappa shape index (κ1) is 13.7. The van der Waals surface area contributed by atoms with Gasteiger partial charge in [0.15, 0.2) is 0 Å². The molecule has 0 N–H and O–H groups in total. The molecule has 0 unspecified atom stereocenters. The Hall–Kier alpha value is -2.27.